The standard InChI is InChI=1S/C19H16N6O2S2/c1-11-22-19(24-23-11)29-17-7-6-12(8-15(17)25(26)27)10-21-18-14(9-20)13-4-2-3-5-16(13)28-18/h6-8,10H,2-5H2,1H3,(H,22,23,24)/b21-10+. The first-order valence-electron chi connectivity index (χ1n) is 8.99. The number of aromatic amines is 1. The fourth-order valence-electron chi connectivity index (χ4n) is 3.20. The SMILES string of the molecule is Cc1nc(Sc2ccc(/C=N/c3sc4c(c3C#N)CCCC4)cc2[N+](=O)[O-])n[nH]1. The van der Waals surface area contributed by atoms with Crippen LogP contribution in [0, 0.1) is 28.4 Å². The Bertz CT molecular complexity index is 1160. The van der Waals surface area contributed by atoms with E-state index in [-0.39, 0.29) is 5.69 Å². The third-order valence-electron chi connectivity index (χ3n) is 4.55. The molecule has 0 bridgehead atoms. The Labute approximate surface area is 174 Å². The van der Waals surface area contributed by atoms with Gasteiger partial charge >= 0.3 is 0 Å². The predicted octanol–water partition coefficient (Wildman–Crippen LogP) is 4.74. The molecular weight excluding hydrogens is 408 g/mol. The fourth-order valence-corrected chi connectivity index (χ4v) is 5.23. The van der Waals surface area contributed by atoms with Gasteiger partial charge in [0.05, 0.1) is 15.4 Å². The number of aryl methyl sites for hydroxylation is 2. The summed E-state index contributed by atoms with van der Waals surface area (Å²) in [6.45, 7) is 1.77. The number of nitrogens with one attached hydrogen (secondary N) is 1. The van der Waals surface area contributed by atoms with Crippen molar-refractivity contribution in [1.29, 1.82) is 5.26 Å². The van der Waals surface area contributed by atoms with Gasteiger partial charge in [-0.05, 0) is 61.6 Å². The topological polar surface area (TPSA) is 121 Å². The van der Waals surface area contributed by atoms with Crippen LogP contribution in [0.25, 0.3) is 0 Å². The number of benzene rings is 1. The smallest absolute Gasteiger partial charge is 0.262 e. The molecule has 146 valence electrons. The molecule has 10 heteroatoms. The molecule has 8 nitrogen and oxygen atoms in total. The van der Waals surface area contributed by atoms with Gasteiger partial charge in [-0.25, -0.2) is 9.98 Å². The van der Waals surface area contributed by atoms with Crippen LogP contribution in [-0.2, 0) is 12.8 Å². The zero-order chi connectivity index (χ0) is 20.4. The molecule has 0 unspecified atom stereocenters. The molecule has 0 saturated heterocycles. The second kappa shape index (κ2) is 8.14. The number of nitrogens with zero attached hydrogens (tertiary/aromatic N) is 5. The Morgan fingerprint density at radius 1 is 1.41 bits per heavy atom. The minimum Gasteiger partial charge on any atom is -0.262 e. The lowest BCUT2D eigenvalue weighted by Gasteiger charge is -2.09. The van der Waals surface area contributed by atoms with Gasteiger partial charge in [-0.1, -0.05) is 6.07 Å². The van der Waals surface area contributed by atoms with E-state index in [1.54, 1.807) is 36.6 Å². The number of nitriles is 1. The van der Waals surface area contributed by atoms with Gasteiger partial charge in [0.1, 0.15) is 16.9 Å². The lowest BCUT2D eigenvalue weighted by molar-refractivity contribution is -0.387. The van der Waals surface area contributed by atoms with Crippen molar-refractivity contribution >= 4 is 40.0 Å². The highest BCUT2D eigenvalue weighted by atomic mass is 32.2. The molecule has 1 N–H and O–H groups in total. The molecule has 3 aromatic rings. The second-order valence-corrected chi connectivity index (χ2v) is 8.64. The van der Waals surface area contributed by atoms with Crippen molar-refractivity contribution in [3.8, 4) is 6.07 Å². The molecule has 0 aliphatic heterocycles. The van der Waals surface area contributed by atoms with Crippen molar-refractivity contribution in [2.75, 3.05) is 0 Å². The van der Waals surface area contributed by atoms with Crippen molar-refractivity contribution in [3.05, 3.63) is 55.7 Å². The summed E-state index contributed by atoms with van der Waals surface area (Å²) >= 11 is 2.68. The van der Waals surface area contributed by atoms with Gasteiger partial charge in [0.25, 0.3) is 5.69 Å². The summed E-state index contributed by atoms with van der Waals surface area (Å²) in [5.74, 6) is 0.644. The summed E-state index contributed by atoms with van der Waals surface area (Å²) in [6, 6.07) is 7.18. The number of aromatic nitrogens is 3. The Morgan fingerprint density at radius 3 is 2.97 bits per heavy atom. The van der Waals surface area contributed by atoms with Crippen molar-refractivity contribution in [2.45, 2.75) is 42.7 Å². The molecule has 0 fully saturated rings. The maximum atomic E-state index is 11.5. The number of thiophene rings is 1. The summed E-state index contributed by atoms with van der Waals surface area (Å²) in [4.78, 5) is 21.5. The minimum absolute atomic E-state index is 0.0348. The second-order valence-electron chi connectivity index (χ2n) is 6.55. The van der Waals surface area contributed by atoms with E-state index in [0.717, 1.165) is 43.0 Å². The van der Waals surface area contributed by atoms with E-state index in [1.165, 1.54) is 10.9 Å². The third kappa shape index (κ3) is 4.06. The molecular formula is C19H16N6O2S2. The quantitative estimate of drug-likeness (QED) is 0.359. The number of H-pyrrole nitrogens is 1. The van der Waals surface area contributed by atoms with E-state index in [4.69, 9.17) is 0 Å². The van der Waals surface area contributed by atoms with Crippen LogP contribution in [0.1, 0.15) is 40.2 Å². The van der Waals surface area contributed by atoms with Gasteiger partial charge in [0.2, 0.25) is 5.16 Å². The fraction of sp³-hybridized carbons (Fsp3) is 0.263. The molecule has 0 atom stereocenters. The predicted molar refractivity (Wildman–Crippen MR) is 111 cm³/mol. The maximum Gasteiger partial charge on any atom is 0.283 e. The Hall–Kier alpha value is -3.03. The highest BCUT2D eigenvalue weighted by Gasteiger charge is 2.21. The van der Waals surface area contributed by atoms with Gasteiger partial charge in [-0.15, -0.1) is 16.4 Å². The molecule has 1 aromatic carbocycles. The number of hydrogen-bond acceptors (Lipinski definition) is 8. The van der Waals surface area contributed by atoms with Crippen LogP contribution in [-0.4, -0.2) is 26.3 Å². The average molecular weight is 425 g/mol. The van der Waals surface area contributed by atoms with Crippen molar-refractivity contribution in [1.82, 2.24) is 15.2 Å². The maximum absolute atomic E-state index is 11.5. The number of nitro benzene ring substituents is 1. The summed E-state index contributed by atoms with van der Waals surface area (Å²) in [7, 11) is 0. The lowest BCUT2D eigenvalue weighted by Crippen LogP contribution is -1.99. The molecule has 0 saturated carbocycles. The van der Waals surface area contributed by atoms with Crippen molar-refractivity contribution < 1.29 is 4.92 Å². The van der Waals surface area contributed by atoms with E-state index in [1.807, 2.05) is 0 Å². The zero-order valence-electron chi connectivity index (χ0n) is 15.5. The Balaban J connectivity index is 1.63. The third-order valence-corrected chi connectivity index (χ3v) is 6.68. The summed E-state index contributed by atoms with van der Waals surface area (Å²) in [5.41, 5.74) is 2.33. The molecule has 0 spiro atoms. The van der Waals surface area contributed by atoms with Gasteiger partial charge < -0.3 is 0 Å². The molecule has 2 heterocycles. The number of aliphatic imine (C=N–C) groups is 1. The van der Waals surface area contributed by atoms with Crippen molar-refractivity contribution in [3.63, 3.8) is 0 Å². The number of hydrogen-bond donors (Lipinski definition) is 1. The normalized spacial score (nSPS) is 13.4. The molecule has 0 radical (unpaired) electrons. The monoisotopic (exact) mass is 424 g/mol. The van der Waals surface area contributed by atoms with Crippen LogP contribution >= 0.6 is 23.1 Å². The van der Waals surface area contributed by atoms with Gasteiger partial charge in [-0.3, -0.25) is 15.2 Å². The first-order chi connectivity index (χ1) is 14.0. The number of nitro groups is 1. The summed E-state index contributed by atoms with van der Waals surface area (Å²) in [5, 5.41) is 28.9. The van der Waals surface area contributed by atoms with Gasteiger partial charge in [-0.2, -0.15) is 5.26 Å². The van der Waals surface area contributed by atoms with E-state index in [2.05, 4.69) is 26.2 Å². The lowest BCUT2D eigenvalue weighted by atomic mass is 9.96. The number of fused-ring (bicyclic) bond motifs is 1. The van der Waals surface area contributed by atoms with Crippen LogP contribution in [0.5, 0.6) is 0 Å². The first-order valence-corrected chi connectivity index (χ1v) is 10.6. The van der Waals surface area contributed by atoms with E-state index >= 15 is 0 Å². The van der Waals surface area contributed by atoms with Crippen molar-refractivity contribution in [2.24, 2.45) is 4.99 Å². The van der Waals surface area contributed by atoms with Gasteiger partial charge in [0.15, 0.2) is 0 Å². The summed E-state index contributed by atoms with van der Waals surface area (Å²) in [6.07, 6.45) is 5.72. The van der Waals surface area contributed by atoms with E-state index in [0.29, 0.717) is 32.0 Å². The van der Waals surface area contributed by atoms with Crippen LogP contribution in [0.2, 0.25) is 0 Å². The zero-order valence-corrected chi connectivity index (χ0v) is 17.1. The molecule has 29 heavy (non-hydrogen) atoms. The summed E-state index contributed by atoms with van der Waals surface area (Å²) < 4.78 is 0. The molecule has 0 amide bonds. The van der Waals surface area contributed by atoms with Gasteiger partial charge in [0, 0.05) is 17.2 Å². The molecule has 2 aromatic heterocycles. The highest BCUT2D eigenvalue weighted by Crippen LogP contribution is 2.39. The minimum atomic E-state index is -0.427. The van der Waals surface area contributed by atoms with Crippen LogP contribution in [0.3, 0.4) is 0 Å². The van der Waals surface area contributed by atoms with E-state index in [9.17, 15) is 15.4 Å². The van der Waals surface area contributed by atoms with Crippen LogP contribution < -0.4 is 0 Å². The molecule has 1 aliphatic rings. The number of rotatable bonds is 5. The van der Waals surface area contributed by atoms with Crippen LogP contribution in [0.15, 0.2) is 33.2 Å². The Morgan fingerprint density at radius 2 is 2.24 bits per heavy atom. The Kier molecular flexibility index (Phi) is 5.42. The highest BCUT2D eigenvalue weighted by molar-refractivity contribution is 7.99. The van der Waals surface area contributed by atoms with Crippen LogP contribution in [0.4, 0.5) is 10.7 Å². The molecule has 4 rings (SSSR count). The first kappa shape index (κ1) is 19.3. The van der Waals surface area contributed by atoms with E-state index < -0.39 is 4.92 Å². The molecule has 1 aliphatic carbocycles. The largest absolute Gasteiger partial charge is 0.283 e. The average Bonchev–Trinajstić information content (AvgIpc) is 3.29.